The lowest BCUT2D eigenvalue weighted by molar-refractivity contribution is -0.120. The first-order chi connectivity index (χ1) is 17.2. The molecule has 0 saturated heterocycles. The van der Waals surface area contributed by atoms with E-state index in [1.54, 1.807) is 36.7 Å². The van der Waals surface area contributed by atoms with Crippen LogP contribution in [0.4, 0.5) is 4.39 Å². The molecule has 1 aliphatic carbocycles. The highest BCUT2D eigenvalue weighted by molar-refractivity contribution is 7.91. The molecule has 1 fully saturated rings. The zero-order valence-electron chi connectivity index (χ0n) is 20.6. The Hall–Kier alpha value is -3.20. The van der Waals surface area contributed by atoms with Crippen LogP contribution in [0, 0.1) is 5.82 Å². The molecule has 2 aromatic heterocycles. The predicted molar refractivity (Wildman–Crippen MR) is 135 cm³/mol. The van der Waals surface area contributed by atoms with E-state index < -0.39 is 21.6 Å². The minimum atomic E-state index is -3.27. The molecule has 190 valence electrons. The summed E-state index contributed by atoms with van der Waals surface area (Å²) in [7, 11) is -3.27. The summed E-state index contributed by atoms with van der Waals surface area (Å²) in [4.78, 5) is 25.8. The zero-order valence-corrected chi connectivity index (χ0v) is 21.5. The van der Waals surface area contributed by atoms with E-state index in [1.165, 1.54) is 12.3 Å². The number of sulfone groups is 1. The number of carbonyl (C=O) groups is 1. The smallest absolute Gasteiger partial charge is 0.160 e. The van der Waals surface area contributed by atoms with Crippen LogP contribution in [0.3, 0.4) is 0 Å². The molecule has 3 aromatic rings. The second-order valence-corrected chi connectivity index (χ2v) is 11.7. The van der Waals surface area contributed by atoms with Crippen molar-refractivity contribution in [1.29, 1.82) is 0 Å². The molecule has 1 aromatic carbocycles. The number of pyridine rings is 1. The maximum atomic E-state index is 15.0. The van der Waals surface area contributed by atoms with E-state index in [9.17, 15) is 13.2 Å². The van der Waals surface area contributed by atoms with Crippen LogP contribution in [-0.2, 0) is 26.8 Å². The van der Waals surface area contributed by atoms with Gasteiger partial charge < -0.3 is 4.74 Å². The normalized spacial score (nSPS) is 14.6. The fourth-order valence-corrected chi connectivity index (χ4v) is 5.69. The quantitative estimate of drug-likeness (QED) is 0.363. The average molecular weight is 512 g/mol. The molecule has 1 saturated carbocycles. The standard InChI is InChI=1S/C27H30FN3O4S/c1-4-23(25-9-10-30-27(31-25)16-36(33,34)22-7-8-22)26(32)13-19-6-5-18(12-24(19)28)20-11-21(15-29-14-20)35-17(2)3/h5-6,9-12,14-15,17,22-23H,4,7-8,13,16H2,1-3H3. The molecule has 4 rings (SSSR count). The van der Waals surface area contributed by atoms with Crippen molar-refractivity contribution >= 4 is 15.6 Å². The number of aromatic nitrogens is 3. The van der Waals surface area contributed by atoms with Crippen molar-refractivity contribution < 1.29 is 22.3 Å². The van der Waals surface area contributed by atoms with E-state index >= 15 is 4.39 Å². The van der Waals surface area contributed by atoms with E-state index in [4.69, 9.17) is 4.74 Å². The van der Waals surface area contributed by atoms with Gasteiger partial charge in [0.1, 0.15) is 28.9 Å². The van der Waals surface area contributed by atoms with Crippen molar-refractivity contribution in [3.63, 3.8) is 0 Å². The first-order valence-electron chi connectivity index (χ1n) is 12.1. The van der Waals surface area contributed by atoms with Crippen LogP contribution in [0.25, 0.3) is 11.1 Å². The van der Waals surface area contributed by atoms with Gasteiger partial charge >= 0.3 is 0 Å². The summed E-state index contributed by atoms with van der Waals surface area (Å²) < 4.78 is 45.3. The molecule has 0 bridgehead atoms. The summed E-state index contributed by atoms with van der Waals surface area (Å²) in [6, 6.07) is 8.19. The van der Waals surface area contributed by atoms with Gasteiger partial charge in [0.15, 0.2) is 9.84 Å². The van der Waals surface area contributed by atoms with E-state index in [-0.39, 0.29) is 40.7 Å². The van der Waals surface area contributed by atoms with Gasteiger partial charge in [0.2, 0.25) is 0 Å². The molecule has 0 aliphatic heterocycles. The third-order valence-electron chi connectivity index (χ3n) is 6.08. The second kappa shape index (κ2) is 10.8. The average Bonchev–Trinajstić information content (AvgIpc) is 3.67. The fourth-order valence-electron chi connectivity index (χ4n) is 4.10. The minimum absolute atomic E-state index is 0.00718. The number of carbonyl (C=O) groups excluding carboxylic acids is 1. The topological polar surface area (TPSA) is 99.1 Å². The van der Waals surface area contributed by atoms with Gasteiger partial charge in [0.25, 0.3) is 0 Å². The summed E-state index contributed by atoms with van der Waals surface area (Å²) in [6.45, 7) is 5.68. The minimum Gasteiger partial charge on any atom is -0.489 e. The Bertz CT molecular complexity index is 1360. The molecule has 9 heteroatoms. The van der Waals surface area contributed by atoms with Crippen LogP contribution in [0.5, 0.6) is 5.75 Å². The highest BCUT2D eigenvalue weighted by Crippen LogP contribution is 2.31. The van der Waals surface area contributed by atoms with E-state index in [1.807, 2.05) is 20.8 Å². The fraction of sp³-hybridized carbons (Fsp3) is 0.407. The van der Waals surface area contributed by atoms with E-state index in [2.05, 4.69) is 15.0 Å². The van der Waals surface area contributed by atoms with Crippen LogP contribution in [-0.4, -0.2) is 40.5 Å². The van der Waals surface area contributed by atoms with Crippen LogP contribution >= 0.6 is 0 Å². The second-order valence-electron chi connectivity index (χ2n) is 9.39. The number of Topliss-reactive ketones (excluding diaryl/α,β-unsaturated/α-hetero) is 1. The molecule has 0 amide bonds. The lowest BCUT2D eigenvalue weighted by Gasteiger charge is -2.15. The van der Waals surface area contributed by atoms with Crippen molar-refractivity contribution in [2.45, 2.75) is 69.5 Å². The Morgan fingerprint density at radius 3 is 2.58 bits per heavy atom. The van der Waals surface area contributed by atoms with Gasteiger partial charge in [-0.1, -0.05) is 19.1 Å². The van der Waals surface area contributed by atoms with Crippen LogP contribution in [0.15, 0.2) is 48.9 Å². The van der Waals surface area contributed by atoms with Gasteiger partial charge in [-0.15, -0.1) is 0 Å². The van der Waals surface area contributed by atoms with Gasteiger partial charge in [0.05, 0.1) is 29.2 Å². The van der Waals surface area contributed by atoms with Gasteiger partial charge in [0, 0.05) is 24.4 Å². The highest BCUT2D eigenvalue weighted by Gasteiger charge is 2.36. The number of ether oxygens (including phenoxy) is 1. The zero-order chi connectivity index (χ0) is 25.9. The first-order valence-corrected chi connectivity index (χ1v) is 13.8. The van der Waals surface area contributed by atoms with Gasteiger partial charge in [-0.25, -0.2) is 22.8 Å². The Balaban J connectivity index is 1.49. The maximum absolute atomic E-state index is 15.0. The number of hydrogen-bond donors (Lipinski definition) is 0. The number of ketones is 1. The lowest BCUT2D eigenvalue weighted by Crippen LogP contribution is -2.18. The summed E-state index contributed by atoms with van der Waals surface area (Å²) in [5, 5.41) is -0.305. The molecule has 0 spiro atoms. The summed E-state index contributed by atoms with van der Waals surface area (Å²) in [5.74, 6) is -0.688. The van der Waals surface area contributed by atoms with Crippen LogP contribution in [0.2, 0.25) is 0 Å². The summed E-state index contributed by atoms with van der Waals surface area (Å²) in [5.41, 5.74) is 2.10. The monoisotopic (exact) mass is 511 g/mol. The van der Waals surface area contributed by atoms with Crippen molar-refractivity contribution in [2.24, 2.45) is 0 Å². The number of nitrogens with zero attached hydrogens (tertiary/aromatic N) is 3. The highest BCUT2D eigenvalue weighted by atomic mass is 32.2. The molecule has 0 radical (unpaired) electrons. The lowest BCUT2D eigenvalue weighted by atomic mass is 9.91. The first kappa shape index (κ1) is 25.9. The van der Waals surface area contributed by atoms with Crippen LogP contribution < -0.4 is 4.74 Å². The number of halogens is 1. The molecule has 1 unspecified atom stereocenters. The molecule has 1 aliphatic rings. The Labute approximate surface area is 211 Å². The number of hydrogen-bond acceptors (Lipinski definition) is 7. The van der Waals surface area contributed by atoms with Gasteiger partial charge in [-0.2, -0.15) is 0 Å². The molecular weight excluding hydrogens is 481 g/mol. The van der Waals surface area contributed by atoms with Crippen molar-refractivity contribution in [1.82, 2.24) is 15.0 Å². The van der Waals surface area contributed by atoms with Crippen molar-refractivity contribution in [2.75, 3.05) is 0 Å². The van der Waals surface area contributed by atoms with Crippen molar-refractivity contribution in [3.05, 3.63) is 71.8 Å². The SMILES string of the molecule is CCC(C(=O)Cc1ccc(-c2cncc(OC(C)C)c2)cc1F)c1ccnc(CS(=O)(=O)C2CC2)n1. The summed E-state index contributed by atoms with van der Waals surface area (Å²) in [6.07, 6.45) is 6.43. The molecule has 1 atom stereocenters. The molecular formula is C27H30FN3O4S. The Morgan fingerprint density at radius 1 is 1.14 bits per heavy atom. The predicted octanol–water partition coefficient (Wildman–Crippen LogP) is 4.85. The third kappa shape index (κ3) is 6.32. The van der Waals surface area contributed by atoms with E-state index in [0.29, 0.717) is 41.8 Å². The maximum Gasteiger partial charge on any atom is 0.160 e. The van der Waals surface area contributed by atoms with E-state index in [0.717, 1.165) is 0 Å². The largest absolute Gasteiger partial charge is 0.489 e. The Morgan fingerprint density at radius 2 is 1.92 bits per heavy atom. The van der Waals surface area contributed by atoms with Gasteiger partial charge in [-0.05, 0) is 62.4 Å². The number of rotatable bonds is 11. The molecule has 7 nitrogen and oxygen atoms in total. The van der Waals surface area contributed by atoms with Gasteiger partial charge in [-0.3, -0.25) is 9.78 Å². The molecule has 36 heavy (non-hydrogen) atoms. The van der Waals surface area contributed by atoms with Crippen molar-refractivity contribution in [3.8, 4) is 16.9 Å². The molecule has 2 heterocycles. The Kier molecular flexibility index (Phi) is 7.78. The molecule has 0 N–H and O–H groups in total. The van der Waals surface area contributed by atoms with Crippen LogP contribution in [0.1, 0.15) is 63.0 Å². The summed E-state index contributed by atoms with van der Waals surface area (Å²) >= 11 is 0. The third-order valence-corrected chi connectivity index (χ3v) is 8.23. The number of benzene rings is 1.